The number of carbonyl (C=O) groups is 1. The van der Waals surface area contributed by atoms with Crippen LogP contribution in [0.15, 0.2) is 99.9 Å². The first-order valence-corrected chi connectivity index (χ1v) is 10.6. The minimum atomic E-state index is -3.99. The average Bonchev–Trinajstić information content (AvgIpc) is 2.77. The molecule has 1 N–H and O–H groups in total. The Morgan fingerprint density at radius 2 is 1.47 bits per heavy atom. The molecule has 0 unspecified atom stereocenters. The summed E-state index contributed by atoms with van der Waals surface area (Å²) in [5, 5.41) is 3.06. The second-order valence-electron chi connectivity index (χ2n) is 6.55. The van der Waals surface area contributed by atoms with Crippen LogP contribution in [0.3, 0.4) is 0 Å². The van der Waals surface area contributed by atoms with Crippen molar-refractivity contribution in [1.29, 1.82) is 0 Å². The predicted molar refractivity (Wildman–Crippen MR) is 116 cm³/mol. The smallest absolute Gasteiger partial charge is 0.282 e. The number of sulfonamides is 1. The molecule has 30 heavy (non-hydrogen) atoms. The van der Waals surface area contributed by atoms with Crippen LogP contribution in [0.5, 0.6) is 5.75 Å². The van der Waals surface area contributed by atoms with Gasteiger partial charge in [-0.05, 0) is 42.5 Å². The first kappa shape index (κ1) is 19.6. The van der Waals surface area contributed by atoms with Crippen LogP contribution in [0.4, 0.5) is 5.69 Å². The maximum Gasteiger partial charge on any atom is 0.282 e. The molecule has 0 aromatic heterocycles. The second-order valence-corrected chi connectivity index (χ2v) is 8.15. The molecule has 0 heterocycles. The maximum absolute atomic E-state index is 12.9. The van der Waals surface area contributed by atoms with Crippen LogP contribution in [-0.2, 0) is 10.0 Å². The Labute approximate surface area is 174 Å². The zero-order valence-electron chi connectivity index (χ0n) is 16.1. The topological polar surface area (TPSA) is 84.8 Å². The molecule has 0 atom stereocenters. The van der Waals surface area contributed by atoms with E-state index in [2.05, 4.69) is 9.71 Å². The maximum atomic E-state index is 12.9. The molecule has 1 aliphatic carbocycles. The highest BCUT2D eigenvalue weighted by molar-refractivity contribution is 7.90. The van der Waals surface area contributed by atoms with Crippen molar-refractivity contribution in [2.75, 3.05) is 12.4 Å². The Morgan fingerprint density at radius 3 is 2.13 bits per heavy atom. The van der Waals surface area contributed by atoms with E-state index in [0.29, 0.717) is 22.6 Å². The molecule has 3 aromatic carbocycles. The van der Waals surface area contributed by atoms with Crippen LogP contribution < -0.4 is 10.1 Å². The van der Waals surface area contributed by atoms with E-state index in [4.69, 9.17) is 4.74 Å². The number of allylic oxidation sites excluding steroid dienone is 2. The fourth-order valence-corrected chi connectivity index (χ4v) is 4.10. The van der Waals surface area contributed by atoms with Crippen LogP contribution in [-0.4, -0.2) is 27.0 Å². The predicted octanol–water partition coefficient (Wildman–Crippen LogP) is 4.07. The van der Waals surface area contributed by atoms with Gasteiger partial charge < -0.3 is 10.1 Å². The van der Waals surface area contributed by atoms with E-state index in [1.807, 2.05) is 30.3 Å². The van der Waals surface area contributed by atoms with Gasteiger partial charge in [0.15, 0.2) is 0 Å². The van der Waals surface area contributed by atoms with Crippen LogP contribution in [0.1, 0.15) is 15.9 Å². The van der Waals surface area contributed by atoms with Gasteiger partial charge in [0, 0.05) is 16.8 Å². The number of nitrogens with zero attached hydrogens (tertiary/aromatic N) is 1. The number of ether oxygens (including phenoxy) is 1. The molecule has 150 valence electrons. The van der Waals surface area contributed by atoms with E-state index in [-0.39, 0.29) is 22.1 Å². The number of nitrogens with one attached hydrogen (secondary N) is 1. The summed E-state index contributed by atoms with van der Waals surface area (Å²) in [6.45, 7) is 0. The lowest BCUT2D eigenvalue weighted by Crippen LogP contribution is -2.22. The summed E-state index contributed by atoms with van der Waals surface area (Å²) < 4.78 is 34.9. The van der Waals surface area contributed by atoms with Crippen molar-refractivity contribution < 1.29 is 17.9 Å². The monoisotopic (exact) mass is 418 g/mol. The number of para-hydroxylation sites is 1. The normalized spacial score (nSPS) is 14.8. The summed E-state index contributed by atoms with van der Waals surface area (Å²) in [7, 11) is -2.49. The number of carbonyl (C=O) groups excluding carboxylic acids is 1. The fourth-order valence-electron chi connectivity index (χ4n) is 3.10. The van der Waals surface area contributed by atoms with Crippen LogP contribution in [0.2, 0.25) is 0 Å². The Balaban J connectivity index is 1.79. The minimum absolute atomic E-state index is 0.0381. The fraction of sp³-hybridized carbons (Fsp3) is 0.0435. The highest BCUT2D eigenvalue weighted by atomic mass is 32.2. The molecule has 7 heteroatoms. The number of rotatable bonds is 5. The van der Waals surface area contributed by atoms with Crippen molar-refractivity contribution >= 4 is 27.2 Å². The van der Waals surface area contributed by atoms with Gasteiger partial charge in [0.2, 0.25) is 5.78 Å². The molecule has 4 rings (SSSR count). The van der Waals surface area contributed by atoms with Gasteiger partial charge in [0.25, 0.3) is 10.0 Å². The summed E-state index contributed by atoms with van der Waals surface area (Å²) in [6, 6.07) is 22.0. The van der Waals surface area contributed by atoms with Gasteiger partial charge in [-0.1, -0.05) is 42.5 Å². The van der Waals surface area contributed by atoms with Crippen LogP contribution in [0, 0.1) is 0 Å². The van der Waals surface area contributed by atoms with E-state index in [0.717, 1.165) is 0 Å². The van der Waals surface area contributed by atoms with Crippen molar-refractivity contribution in [3.05, 3.63) is 102 Å². The Kier molecular flexibility index (Phi) is 5.20. The lowest BCUT2D eigenvalue weighted by molar-refractivity contribution is 0.103. The number of methoxy groups -OCH3 is 1. The lowest BCUT2D eigenvalue weighted by Gasteiger charge is -2.18. The molecule has 1 aliphatic rings. The SMILES string of the molecule is COc1ccc(S(=O)(=O)/N=C2/C=C(Nc3ccccc3)C(=O)c3ccccc32)cc1. The van der Waals surface area contributed by atoms with E-state index in [9.17, 15) is 13.2 Å². The number of hydrogen-bond acceptors (Lipinski definition) is 5. The molecule has 0 saturated carbocycles. The third-order valence-electron chi connectivity index (χ3n) is 4.60. The van der Waals surface area contributed by atoms with Crippen molar-refractivity contribution in [2.45, 2.75) is 4.90 Å². The largest absolute Gasteiger partial charge is 0.497 e. The molecular weight excluding hydrogens is 400 g/mol. The molecule has 0 bridgehead atoms. The Morgan fingerprint density at radius 1 is 0.833 bits per heavy atom. The van der Waals surface area contributed by atoms with Crippen molar-refractivity contribution in [2.24, 2.45) is 4.40 Å². The standard InChI is InChI=1S/C23H18N2O4S/c1-29-17-11-13-18(14-12-17)30(27,28)25-21-15-22(24-16-7-3-2-4-8-16)23(26)20-10-6-5-9-19(20)21/h2-15,24H,1H3/b25-21-. The average molecular weight is 418 g/mol. The zero-order chi connectivity index (χ0) is 21.1. The number of Topliss-reactive ketones (excluding diaryl/α,β-unsaturated/α-hetero) is 1. The number of anilines is 1. The van der Waals surface area contributed by atoms with Gasteiger partial charge >= 0.3 is 0 Å². The van der Waals surface area contributed by atoms with E-state index >= 15 is 0 Å². The van der Waals surface area contributed by atoms with Gasteiger partial charge in [-0.2, -0.15) is 12.8 Å². The van der Waals surface area contributed by atoms with E-state index < -0.39 is 10.0 Å². The molecule has 0 radical (unpaired) electrons. The van der Waals surface area contributed by atoms with Gasteiger partial charge in [-0.3, -0.25) is 4.79 Å². The summed E-state index contributed by atoms with van der Waals surface area (Å²) in [6.07, 6.45) is 1.47. The molecule has 0 aliphatic heterocycles. The van der Waals surface area contributed by atoms with E-state index in [1.165, 1.54) is 25.3 Å². The molecule has 0 saturated heterocycles. The quantitative estimate of drug-likeness (QED) is 0.675. The first-order chi connectivity index (χ1) is 14.5. The van der Waals surface area contributed by atoms with Crippen molar-refractivity contribution in [1.82, 2.24) is 0 Å². The lowest BCUT2D eigenvalue weighted by atomic mass is 9.92. The second kappa shape index (κ2) is 7.96. The first-order valence-electron chi connectivity index (χ1n) is 9.15. The van der Waals surface area contributed by atoms with Gasteiger partial charge in [-0.15, -0.1) is 0 Å². The Hall–Kier alpha value is -3.71. The summed E-state index contributed by atoms with van der Waals surface area (Å²) in [4.78, 5) is 13.0. The number of ketones is 1. The third-order valence-corrected chi connectivity index (χ3v) is 5.91. The zero-order valence-corrected chi connectivity index (χ0v) is 16.9. The molecule has 6 nitrogen and oxygen atoms in total. The van der Waals surface area contributed by atoms with Gasteiger partial charge in [0.1, 0.15) is 5.75 Å². The highest BCUT2D eigenvalue weighted by Crippen LogP contribution is 2.25. The Bertz CT molecular complexity index is 1260. The van der Waals surface area contributed by atoms with Crippen molar-refractivity contribution in [3.63, 3.8) is 0 Å². The minimum Gasteiger partial charge on any atom is -0.497 e. The molecule has 3 aromatic rings. The number of hydrogen-bond donors (Lipinski definition) is 1. The van der Waals surface area contributed by atoms with Gasteiger partial charge in [-0.25, -0.2) is 0 Å². The van der Waals surface area contributed by atoms with Crippen LogP contribution >= 0.6 is 0 Å². The third kappa shape index (κ3) is 3.88. The summed E-state index contributed by atoms with van der Waals surface area (Å²) in [5.74, 6) is 0.319. The number of benzene rings is 3. The molecule has 0 spiro atoms. The number of fused-ring (bicyclic) bond motifs is 1. The van der Waals surface area contributed by atoms with Crippen LogP contribution in [0.25, 0.3) is 0 Å². The molecular formula is C23H18N2O4S. The van der Waals surface area contributed by atoms with E-state index in [1.54, 1.807) is 36.4 Å². The molecule has 0 amide bonds. The van der Waals surface area contributed by atoms with Crippen molar-refractivity contribution in [3.8, 4) is 5.75 Å². The molecule has 0 fully saturated rings. The summed E-state index contributed by atoms with van der Waals surface area (Å²) in [5.41, 5.74) is 2.03. The van der Waals surface area contributed by atoms with Gasteiger partial charge in [0.05, 0.1) is 23.4 Å². The highest BCUT2D eigenvalue weighted by Gasteiger charge is 2.26. The summed E-state index contributed by atoms with van der Waals surface area (Å²) >= 11 is 0.